The number of carbonyl (C=O) groups excluding carboxylic acids is 1. The van der Waals surface area contributed by atoms with Crippen LogP contribution in [0.1, 0.15) is 25.8 Å². The van der Waals surface area contributed by atoms with Gasteiger partial charge in [0.15, 0.2) is 0 Å². The molecule has 0 saturated carbocycles. The lowest BCUT2D eigenvalue weighted by Gasteiger charge is -2.14. The molecule has 0 fully saturated rings. The summed E-state index contributed by atoms with van der Waals surface area (Å²) >= 11 is 0. The molecule has 1 heterocycles. The third-order valence-corrected chi connectivity index (χ3v) is 3.28. The average molecular weight is 287 g/mol. The fourth-order valence-corrected chi connectivity index (χ4v) is 1.97. The molecule has 21 heavy (non-hydrogen) atoms. The summed E-state index contributed by atoms with van der Waals surface area (Å²) in [4.78, 5) is 11.9. The number of hydrogen-bond acceptors (Lipinski definition) is 3. The number of anilines is 1. The molecule has 5 nitrogen and oxygen atoms in total. The first kappa shape index (κ1) is 15.3. The van der Waals surface area contributed by atoms with Crippen molar-refractivity contribution in [3.8, 4) is 0 Å². The van der Waals surface area contributed by atoms with Crippen LogP contribution >= 0.6 is 0 Å². The Morgan fingerprint density at radius 2 is 2.19 bits per heavy atom. The second kappa shape index (κ2) is 7.04. The number of aliphatic hydroxyl groups is 1. The van der Waals surface area contributed by atoms with Crippen molar-refractivity contribution in [1.82, 2.24) is 9.78 Å². The number of nitrogens with one attached hydrogen (secondary N) is 1. The third kappa shape index (κ3) is 4.72. The van der Waals surface area contributed by atoms with Crippen LogP contribution in [0.25, 0.3) is 0 Å². The average Bonchev–Trinajstić information content (AvgIpc) is 2.91. The molecule has 0 aliphatic rings. The minimum atomic E-state index is -0.614. The zero-order valence-electron chi connectivity index (χ0n) is 12.4. The van der Waals surface area contributed by atoms with E-state index in [1.807, 2.05) is 55.1 Å². The number of carbonyl (C=O) groups is 1. The normalized spacial score (nSPS) is 12.4. The Bertz CT molecular complexity index is 579. The molecular weight excluding hydrogens is 266 g/mol. The monoisotopic (exact) mass is 287 g/mol. The number of aliphatic hydroxyl groups excluding tert-OH is 1. The molecule has 0 aliphatic heterocycles. The second-order valence-electron chi connectivity index (χ2n) is 5.47. The van der Waals surface area contributed by atoms with Gasteiger partial charge >= 0.3 is 0 Å². The molecule has 1 aromatic heterocycles. The Morgan fingerprint density at radius 3 is 2.86 bits per heavy atom. The van der Waals surface area contributed by atoms with Crippen molar-refractivity contribution in [1.29, 1.82) is 0 Å². The predicted octanol–water partition coefficient (Wildman–Crippen LogP) is 2.28. The molecule has 112 valence electrons. The van der Waals surface area contributed by atoms with Crippen molar-refractivity contribution in [2.75, 3.05) is 5.32 Å². The smallest absolute Gasteiger partial charge is 0.226 e. The highest BCUT2D eigenvalue weighted by Crippen LogP contribution is 2.13. The quantitative estimate of drug-likeness (QED) is 0.856. The van der Waals surface area contributed by atoms with E-state index in [2.05, 4.69) is 10.4 Å². The summed E-state index contributed by atoms with van der Waals surface area (Å²) in [6, 6.07) is 9.51. The van der Waals surface area contributed by atoms with Crippen LogP contribution in [-0.2, 0) is 11.3 Å². The van der Waals surface area contributed by atoms with Crippen molar-refractivity contribution in [3.63, 3.8) is 0 Å². The zero-order chi connectivity index (χ0) is 15.2. The highest BCUT2D eigenvalue weighted by Gasteiger charge is 2.14. The topological polar surface area (TPSA) is 67.2 Å². The molecule has 5 heteroatoms. The fourth-order valence-electron chi connectivity index (χ4n) is 1.97. The van der Waals surface area contributed by atoms with E-state index in [1.54, 1.807) is 6.20 Å². The van der Waals surface area contributed by atoms with Gasteiger partial charge < -0.3 is 10.4 Å². The van der Waals surface area contributed by atoms with Crippen LogP contribution in [0.3, 0.4) is 0 Å². The minimum absolute atomic E-state index is 0.0712. The van der Waals surface area contributed by atoms with Gasteiger partial charge in [-0.3, -0.25) is 9.48 Å². The van der Waals surface area contributed by atoms with E-state index in [4.69, 9.17) is 0 Å². The van der Waals surface area contributed by atoms with Crippen molar-refractivity contribution in [2.24, 2.45) is 5.92 Å². The van der Waals surface area contributed by atoms with E-state index in [0.717, 1.165) is 11.3 Å². The van der Waals surface area contributed by atoms with E-state index >= 15 is 0 Å². The second-order valence-corrected chi connectivity index (χ2v) is 5.47. The lowest BCUT2D eigenvalue weighted by Crippen LogP contribution is -2.23. The number of amides is 1. The standard InChI is InChI=1S/C16H21N3O2/c1-12(2)15(20)10-16(21)18-14-6-3-5-13(9-14)11-19-8-4-7-17-19/h3-9,12,15,20H,10-11H2,1-2H3,(H,18,21). The molecular formula is C16H21N3O2. The number of aromatic nitrogens is 2. The molecule has 0 bridgehead atoms. The van der Waals surface area contributed by atoms with Crippen molar-refractivity contribution >= 4 is 11.6 Å². The summed E-state index contributed by atoms with van der Waals surface area (Å²) < 4.78 is 1.82. The van der Waals surface area contributed by atoms with Gasteiger partial charge in [-0.1, -0.05) is 26.0 Å². The predicted molar refractivity (Wildman–Crippen MR) is 81.9 cm³/mol. The highest BCUT2D eigenvalue weighted by molar-refractivity contribution is 5.91. The van der Waals surface area contributed by atoms with Gasteiger partial charge in [0.1, 0.15) is 0 Å². The summed E-state index contributed by atoms with van der Waals surface area (Å²) in [5, 5.41) is 16.7. The maximum atomic E-state index is 11.9. The molecule has 1 atom stereocenters. The van der Waals surface area contributed by atoms with Gasteiger partial charge in [-0.05, 0) is 29.7 Å². The molecule has 2 rings (SSSR count). The molecule has 1 amide bonds. The third-order valence-electron chi connectivity index (χ3n) is 3.28. The molecule has 0 spiro atoms. The van der Waals surface area contributed by atoms with Crippen LogP contribution in [0, 0.1) is 5.92 Å². The van der Waals surface area contributed by atoms with Gasteiger partial charge in [0.25, 0.3) is 0 Å². The Balaban J connectivity index is 1.96. The van der Waals surface area contributed by atoms with Gasteiger partial charge in [-0.25, -0.2) is 0 Å². The Morgan fingerprint density at radius 1 is 1.38 bits per heavy atom. The SMILES string of the molecule is CC(C)C(O)CC(=O)Nc1cccc(Cn2cccn2)c1. The summed E-state index contributed by atoms with van der Waals surface area (Å²) in [6.45, 7) is 4.44. The van der Waals surface area contributed by atoms with E-state index < -0.39 is 6.10 Å². The van der Waals surface area contributed by atoms with E-state index in [-0.39, 0.29) is 18.2 Å². The number of hydrogen-bond donors (Lipinski definition) is 2. The lowest BCUT2D eigenvalue weighted by molar-refractivity contribution is -0.118. The first-order valence-electron chi connectivity index (χ1n) is 7.09. The fraction of sp³-hybridized carbons (Fsp3) is 0.375. The van der Waals surface area contributed by atoms with E-state index in [9.17, 15) is 9.90 Å². The first-order chi connectivity index (χ1) is 10.0. The Kier molecular flexibility index (Phi) is 5.11. The molecule has 2 N–H and O–H groups in total. The first-order valence-corrected chi connectivity index (χ1v) is 7.09. The number of rotatable bonds is 6. The molecule has 1 unspecified atom stereocenters. The Labute approximate surface area is 124 Å². The summed E-state index contributed by atoms with van der Waals surface area (Å²) in [6.07, 6.45) is 3.13. The summed E-state index contributed by atoms with van der Waals surface area (Å²) in [5.41, 5.74) is 1.79. The number of benzene rings is 1. The lowest BCUT2D eigenvalue weighted by atomic mass is 10.0. The van der Waals surface area contributed by atoms with Gasteiger partial charge in [0, 0.05) is 18.1 Å². The molecule has 1 aromatic carbocycles. The van der Waals surface area contributed by atoms with Gasteiger partial charge in [-0.2, -0.15) is 5.10 Å². The molecule has 0 saturated heterocycles. The molecule has 0 aliphatic carbocycles. The minimum Gasteiger partial charge on any atom is -0.392 e. The van der Waals surface area contributed by atoms with Crippen LogP contribution < -0.4 is 5.32 Å². The summed E-state index contributed by atoms with van der Waals surface area (Å²) in [5.74, 6) is -0.102. The Hall–Kier alpha value is -2.14. The van der Waals surface area contributed by atoms with Crippen LogP contribution in [0.4, 0.5) is 5.69 Å². The van der Waals surface area contributed by atoms with Crippen LogP contribution in [-0.4, -0.2) is 26.9 Å². The zero-order valence-corrected chi connectivity index (χ0v) is 12.4. The van der Waals surface area contributed by atoms with E-state index in [0.29, 0.717) is 6.54 Å². The maximum Gasteiger partial charge on any atom is 0.226 e. The van der Waals surface area contributed by atoms with Crippen LogP contribution in [0.5, 0.6) is 0 Å². The van der Waals surface area contributed by atoms with Crippen molar-refractivity contribution < 1.29 is 9.90 Å². The largest absolute Gasteiger partial charge is 0.392 e. The van der Waals surface area contributed by atoms with E-state index in [1.165, 1.54) is 0 Å². The van der Waals surface area contributed by atoms with Gasteiger partial charge in [0.05, 0.1) is 19.1 Å². The van der Waals surface area contributed by atoms with Crippen molar-refractivity contribution in [2.45, 2.75) is 32.9 Å². The van der Waals surface area contributed by atoms with Crippen molar-refractivity contribution in [3.05, 3.63) is 48.3 Å². The number of nitrogens with zero attached hydrogens (tertiary/aromatic N) is 2. The van der Waals surface area contributed by atoms with Crippen LogP contribution in [0.2, 0.25) is 0 Å². The molecule has 0 radical (unpaired) electrons. The maximum absolute atomic E-state index is 11.9. The van der Waals surface area contributed by atoms with Gasteiger partial charge in [0.2, 0.25) is 5.91 Å². The van der Waals surface area contributed by atoms with Crippen LogP contribution in [0.15, 0.2) is 42.7 Å². The highest BCUT2D eigenvalue weighted by atomic mass is 16.3. The van der Waals surface area contributed by atoms with Gasteiger partial charge in [-0.15, -0.1) is 0 Å². The summed E-state index contributed by atoms with van der Waals surface area (Å²) in [7, 11) is 0. The molecule has 2 aromatic rings.